The Morgan fingerprint density at radius 1 is 1.27 bits per heavy atom. The Morgan fingerprint density at radius 2 is 2.06 bits per heavy atom. The zero-order valence-electron chi connectivity index (χ0n) is 18.0. The van der Waals surface area contributed by atoms with E-state index in [0.717, 1.165) is 10.8 Å². The number of nitrogens with zero attached hydrogens (tertiary/aromatic N) is 2. The molecule has 0 unspecified atom stereocenters. The second kappa shape index (κ2) is 10.5. The molecule has 10 heteroatoms. The number of amides is 1. The summed E-state index contributed by atoms with van der Waals surface area (Å²) in [5.74, 6) is 0.0292. The van der Waals surface area contributed by atoms with Gasteiger partial charge in [-0.05, 0) is 49.9 Å². The lowest BCUT2D eigenvalue weighted by molar-refractivity contribution is -0.145. The second-order valence-electron chi connectivity index (χ2n) is 7.94. The first-order valence-corrected chi connectivity index (χ1v) is 11.8. The zero-order chi connectivity index (χ0) is 23.3. The van der Waals surface area contributed by atoms with E-state index in [2.05, 4.69) is 20.8 Å². The number of hydrogen-bond donors (Lipinski definition) is 2. The summed E-state index contributed by atoms with van der Waals surface area (Å²) in [5.41, 5.74) is 2.57. The number of pyridine rings is 1. The molecule has 0 aliphatic heterocycles. The maximum absolute atomic E-state index is 14.2. The van der Waals surface area contributed by atoms with Gasteiger partial charge in [0.15, 0.2) is 16.7 Å². The van der Waals surface area contributed by atoms with Gasteiger partial charge in [0.1, 0.15) is 5.82 Å². The summed E-state index contributed by atoms with van der Waals surface area (Å²) in [6.45, 7) is 0. The van der Waals surface area contributed by atoms with Crippen molar-refractivity contribution < 1.29 is 18.8 Å². The molecule has 174 valence electrons. The predicted octanol–water partition coefficient (Wildman–Crippen LogP) is 5.30. The fourth-order valence-electron chi connectivity index (χ4n) is 4.09. The number of rotatable bonds is 8. The molecule has 1 aliphatic carbocycles. The number of nitrogens with one attached hydrogen (secondary N) is 2. The lowest BCUT2D eigenvalue weighted by Gasteiger charge is -2.38. The molecule has 3 aromatic rings. The zero-order valence-corrected chi connectivity index (χ0v) is 19.6. The summed E-state index contributed by atoms with van der Waals surface area (Å²) in [7, 11) is 1.42. The number of hydrogen-bond acceptors (Lipinski definition) is 7. The Morgan fingerprint density at radius 3 is 2.79 bits per heavy atom. The molecule has 0 spiro atoms. The van der Waals surface area contributed by atoms with Crippen molar-refractivity contribution in [2.75, 3.05) is 12.4 Å². The van der Waals surface area contributed by atoms with Crippen molar-refractivity contribution in [3.05, 3.63) is 64.5 Å². The van der Waals surface area contributed by atoms with Crippen molar-refractivity contribution in [3.8, 4) is 5.75 Å². The first-order chi connectivity index (χ1) is 16.0. The predicted molar refractivity (Wildman–Crippen MR) is 125 cm³/mol. The topological polar surface area (TPSA) is 85.4 Å². The lowest BCUT2D eigenvalue weighted by Crippen LogP contribution is -2.46. The van der Waals surface area contributed by atoms with E-state index >= 15 is 0 Å². The largest absolute Gasteiger partial charge is 0.487 e. The van der Waals surface area contributed by atoms with Gasteiger partial charge < -0.3 is 10.1 Å². The average Bonchev–Trinajstić information content (AvgIpc) is 3.32. The fraction of sp³-hybridized carbons (Fsp3) is 0.348. The molecule has 0 saturated heterocycles. The Balaban J connectivity index is 1.47. The van der Waals surface area contributed by atoms with Crippen LogP contribution in [0.15, 0.2) is 48.0 Å². The molecule has 1 aromatic carbocycles. The van der Waals surface area contributed by atoms with Crippen molar-refractivity contribution in [2.45, 2.75) is 38.2 Å². The highest BCUT2D eigenvalue weighted by atomic mass is 35.5. The minimum absolute atomic E-state index is 0.0226. The van der Waals surface area contributed by atoms with Crippen molar-refractivity contribution in [2.24, 2.45) is 5.41 Å². The third kappa shape index (κ3) is 5.61. The lowest BCUT2D eigenvalue weighted by atomic mass is 9.69. The molecule has 4 rings (SSSR count). The minimum Gasteiger partial charge on any atom is -0.487 e. The van der Waals surface area contributed by atoms with Crippen molar-refractivity contribution in [1.82, 2.24) is 15.4 Å². The van der Waals surface area contributed by atoms with Crippen LogP contribution in [0.25, 0.3) is 0 Å². The summed E-state index contributed by atoms with van der Waals surface area (Å²) >= 11 is 7.34. The molecule has 1 saturated carbocycles. The van der Waals surface area contributed by atoms with Gasteiger partial charge in [-0.15, -0.1) is 11.3 Å². The van der Waals surface area contributed by atoms with Crippen LogP contribution in [-0.2, 0) is 16.1 Å². The number of carbonyl (C=O) groups is 1. The molecule has 1 amide bonds. The fourth-order valence-corrected chi connectivity index (χ4v) is 4.79. The van der Waals surface area contributed by atoms with Gasteiger partial charge in [0.25, 0.3) is 0 Å². The summed E-state index contributed by atoms with van der Waals surface area (Å²) in [6.07, 6.45) is 4.19. The van der Waals surface area contributed by atoms with E-state index in [1.54, 1.807) is 18.3 Å². The molecular formula is C23H24ClFN4O3S. The number of benzene rings is 1. The van der Waals surface area contributed by atoms with Crippen molar-refractivity contribution >= 4 is 39.8 Å². The molecule has 2 heterocycles. The van der Waals surface area contributed by atoms with Crippen LogP contribution in [0.3, 0.4) is 0 Å². The van der Waals surface area contributed by atoms with Crippen LogP contribution in [0.2, 0.25) is 5.02 Å². The van der Waals surface area contributed by atoms with Crippen LogP contribution in [0.5, 0.6) is 5.75 Å². The van der Waals surface area contributed by atoms with Gasteiger partial charge in [0.05, 0.1) is 23.7 Å². The van der Waals surface area contributed by atoms with Crippen LogP contribution in [0.1, 0.15) is 31.4 Å². The number of halogens is 2. The summed E-state index contributed by atoms with van der Waals surface area (Å²) in [6, 6.07) is 10.4. The van der Waals surface area contributed by atoms with E-state index in [1.807, 2.05) is 23.6 Å². The van der Waals surface area contributed by atoms with Gasteiger partial charge in [-0.2, -0.15) is 0 Å². The Hall–Kier alpha value is -2.75. The van der Waals surface area contributed by atoms with E-state index < -0.39 is 11.2 Å². The first kappa shape index (κ1) is 23.4. The van der Waals surface area contributed by atoms with E-state index in [0.29, 0.717) is 37.9 Å². The van der Waals surface area contributed by atoms with E-state index in [-0.39, 0.29) is 22.8 Å². The van der Waals surface area contributed by atoms with Gasteiger partial charge in [0.2, 0.25) is 5.91 Å². The van der Waals surface area contributed by atoms with Crippen molar-refractivity contribution in [3.63, 3.8) is 0 Å². The highest BCUT2D eigenvalue weighted by Crippen LogP contribution is 2.41. The molecular weight excluding hydrogens is 467 g/mol. The monoisotopic (exact) mass is 490 g/mol. The molecule has 1 fully saturated rings. The van der Waals surface area contributed by atoms with E-state index in [4.69, 9.17) is 21.2 Å². The quantitative estimate of drug-likeness (QED) is 0.417. The Kier molecular flexibility index (Phi) is 7.42. The smallest absolute Gasteiger partial charge is 0.250 e. The van der Waals surface area contributed by atoms with E-state index in [1.165, 1.54) is 24.5 Å². The van der Waals surface area contributed by atoms with Crippen LogP contribution in [-0.4, -0.2) is 29.1 Å². The second-order valence-corrected chi connectivity index (χ2v) is 9.24. The Labute approximate surface area is 200 Å². The average molecular weight is 491 g/mol. The van der Waals surface area contributed by atoms with Crippen LogP contribution >= 0.6 is 22.9 Å². The minimum atomic E-state index is -0.713. The Bertz CT molecular complexity index is 1090. The van der Waals surface area contributed by atoms with Gasteiger partial charge in [0, 0.05) is 23.7 Å². The van der Waals surface area contributed by atoms with Crippen LogP contribution < -0.4 is 15.5 Å². The van der Waals surface area contributed by atoms with Gasteiger partial charge >= 0.3 is 0 Å². The third-order valence-corrected chi connectivity index (χ3v) is 6.75. The molecule has 0 atom stereocenters. The molecule has 7 nitrogen and oxygen atoms in total. The summed E-state index contributed by atoms with van der Waals surface area (Å²) in [4.78, 5) is 26.8. The van der Waals surface area contributed by atoms with Crippen LogP contribution in [0, 0.1) is 11.2 Å². The molecule has 1 aliphatic rings. The molecule has 33 heavy (non-hydrogen) atoms. The molecule has 0 bridgehead atoms. The first-order valence-electron chi connectivity index (χ1n) is 10.6. The standard InChI is InChI=1S/C23H24ClFN4O3S/c1-31-29-21(30)23(14-15-4-2-7-19(27-15)28-22-26-12-13-33-22)10-8-16(9-11-23)32-18-6-3-5-17(24)20(18)25/h2-7,12-13,16H,8-11,14H2,1H3,(H,29,30)(H,26,27,28). The van der Waals surface area contributed by atoms with Crippen molar-refractivity contribution in [1.29, 1.82) is 0 Å². The van der Waals surface area contributed by atoms with Gasteiger partial charge in [-0.3, -0.25) is 9.63 Å². The van der Waals surface area contributed by atoms with Gasteiger partial charge in [-0.25, -0.2) is 19.8 Å². The SMILES string of the molecule is CONC(=O)C1(Cc2cccc(Nc3nccs3)n2)CCC(Oc2cccc(Cl)c2F)CC1. The summed E-state index contributed by atoms with van der Waals surface area (Å²) < 4.78 is 20.1. The number of ether oxygens (including phenoxy) is 1. The number of hydroxylamine groups is 1. The normalized spacial score (nSPS) is 20.3. The number of carbonyl (C=O) groups excluding carboxylic acids is 1. The number of thiazole rings is 1. The molecule has 0 radical (unpaired) electrons. The summed E-state index contributed by atoms with van der Waals surface area (Å²) in [5, 5.41) is 5.83. The maximum Gasteiger partial charge on any atom is 0.250 e. The highest BCUT2D eigenvalue weighted by molar-refractivity contribution is 7.13. The highest BCUT2D eigenvalue weighted by Gasteiger charge is 2.43. The number of anilines is 2. The maximum atomic E-state index is 14.2. The molecule has 2 aromatic heterocycles. The number of aromatic nitrogens is 2. The third-order valence-electron chi connectivity index (χ3n) is 5.77. The van der Waals surface area contributed by atoms with E-state index in [9.17, 15) is 9.18 Å². The van der Waals surface area contributed by atoms with Gasteiger partial charge in [-0.1, -0.05) is 23.7 Å². The van der Waals surface area contributed by atoms with Crippen LogP contribution in [0.4, 0.5) is 15.3 Å². The molecule has 2 N–H and O–H groups in total.